The molecule has 6 nitrogen and oxygen atoms in total. The molecule has 0 N–H and O–H groups in total. The van der Waals surface area contributed by atoms with Crippen LogP contribution in [0, 0.1) is 0 Å². The van der Waals surface area contributed by atoms with Crippen LogP contribution >= 0.6 is 11.3 Å². The quantitative estimate of drug-likeness (QED) is 0.493. The maximum Gasteiger partial charge on any atom is 0.289 e. The molecule has 3 rings (SSSR count). The van der Waals surface area contributed by atoms with Crippen LogP contribution in [0.25, 0.3) is 10.4 Å². The lowest BCUT2D eigenvalue weighted by atomic mass is 10.1. The van der Waals surface area contributed by atoms with Gasteiger partial charge in [-0.05, 0) is 41.1 Å². The monoisotopic (exact) mass is 288 g/mol. The van der Waals surface area contributed by atoms with Gasteiger partial charge in [0, 0.05) is 22.9 Å². The molecule has 1 aliphatic heterocycles. The summed E-state index contributed by atoms with van der Waals surface area (Å²) in [6.07, 6.45) is 0.894. The van der Waals surface area contributed by atoms with Gasteiger partial charge in [0.05, 0.1) is 6.54 Å². The van der Waals surface area contributed by atoms with Crippen molar-refractivity contribution >= 4 is 17.2 Å². The Hall–Kier alpha value is -2.24. The van der Waals surface area contributed by atoms with Crippen LogP contribution in [0.4, 0.5) is 0 Å². The Bertz CT molecular complexity index is 684. The molecule has 0 atom stereocenters. The summed E-state index contributed by atoms with van der Waals surface area (Å²) >= 11 is 1.74. The fourth-order valence-corrected chi connectivity index (χ4v) is 3.15. The molecule has 7 heteroatoms. The minimum Gasteiger partial charge on any atom is -0.456 e. The lowest BCUT2D eigenvalue weighted by Gasteiger charge is -2.26. The zero-order valence-electron chi connectivity index (χ0n) is 10.7. The first kappa shape index (κ1) is 12.8. The molecular formula is C13H12N4O2S. The molecule has 20 heavy (non-hydrogen) atoms. The summed E-state index contributed by atoms with van der Waals surface area (Å²) in [6, 6.07) is 5.37. The number of hydrogen-bond donors (Lipinski definition) is 0. The second kappa shape index (κ2) is 5.40. The molecule has 0 saturated heterocycles. The molecule has 0 aromatic carbocycles. The predicted molar refractivity (Wildman–Crippen MR) is 74.3 cm³/mol. The van der Waals surface area contributed by atoms with Crippen molar-refractivity contribution in [1.82, 2.24) is 4.90 Å². The van der Waals surface area contributed by atoms with E-state index >= 15 is 0 Å². The predicted octanol–water partition coefficient (Wildman–Crippen LogP) is 3.35. The van der Waals surface area contributed by atoms with Crippen LogP contribution in [0.2, 0.25) is 0 Å². The van der Waals surface area contributed by atoms with Gasteiger partial charge >= 0.3 is 0 Å². The van der Waals surface area contributed by atoms with Crippen molar-refractivity contribution in [3.8, 4) is 0 Å². The third kappa shape index (κ3) is 2.41. The number of nitrogens with zero attached hydrogens (tertiary/aromatic N) is 4. The summed E-state index contributed by atoms with van der Waals surface area (Å²) in [7, 11) is 0. The van der Waals surface area contributed by atoms with E-state index in [0.717, 1.165) is 6.42 Å². The van der Waals surface area contributed by atoms with Crippen molar-refractivity contribution in [2.24, 2.45) is 5.11 Å². The minimum atomic E-state index is -0.117. The molecule has 2 aromatic rings. The van der Waals surface area contributed by atoms with Crippen LogP contribution in [-0.4, -0.2) is 17.4 Å². The summed E-state index contributed by atoms with van der Waals surface area (Å²) in [5.41, 5.74) is 9.48. The SMILES string of the molecule is [N-]=[N+]=NCc1ccc(C(=O)N2CCc3sccc3C2)o1. The highest BCUT2D eigenvalue weighted by Crippen LogP contribution is 2.25. The molecule has 102 valence electrons. The van der Waals surface area contributed by atoms with Gasteiger partial charge in [0.15, 0.2) is 5.76 Å². The average Bonchev–Trinajstić information content (AvgIpc) is 3.12. The number of thiophene rings is 1. The molecule has 0 spiro atoms. The van der Waals surface area contributed by atoms with Crippen molar-refractivity contribution < 1.29 is 9.21 Å². The maximum atomic E-state index is 12.4. The molecule has 1 aliphatic rings. The van der Waals surface area contributed by atoms with Crippen molar-refractivity contribution in [2.45, 2.75) is 19.5 Å². The minimum absolute atomic E-state index is 0.117. The van der Waals surface area contributed by atoms with Gasteiger partial charge in [-0.3, -0.25) is 4.79 Å². The molecule has 2 aromatic heterocycles. The zero-order valence-corrected chi connectivity index (χ0v) is 11.5. The van der Waals surface area contributed by atoms with Crippen molar-refractivity contribution in [1.29, 1.82) is 0 Å². The first-order valence-corrected chi connectivity index (χ1v) is 7.10. The molecule has 0 bridgehead atoms. The Morgan fingerprint density at radius 1 is 1.50 bits per heavy atom. The highest BCUT2D eigenvalue weighted by molar-refractivity contribution is 7.10. The highest BCUT2D eigenvalue weighted by Gasteiger charge is 2.24. The number of azide groups is 1. The molecule has 0 radical (unpaired) electrons. The van der Waals surface area contributed by atoms with E-state index in [9.17, 15) is 4.79 Å². The molecule has 0 aliphatic carbocycles. The summed E-state index contributed by atoms with van der Waals surface area (Å²) in [6.45, 7) is 1.46. The van der Waals surface area contributed by atoms with Crippen molar-refractivity contribution in [3.63, 3.8) is 0 Å². The molecule has 1 amide bonds. The fourth-order valence-electron chi connectivity index (χ4n) is 2.26. The van der Waals surface area contributed by atoms with Crippen molar-refractivity contribution in [2.75, 3.05) is 6.54 Å². The van der Waals surface area contributed by atoms with E-state index < -0.39 is 0 Å². The summed E-state index contributed by atoms with van der Waals surface area (Å²) in [5.74, 6) is 0.681. The van der Waals surface area contributed by atoms with E-state index in [1.54, 1.807) is 28.4 Å². The number of furan rings is 1. The van der Waals surface area contributed by atoms with E-state index in [4.69, 9.17) is 9.95 Å². The standard InChI is InChI=1S/C13H12N4O2S/c14-16-15-7-10-1-2-11(19-10)13(18)17-5-3-12-9(8-17)4-6-20-12/h1-2,4,6H,3,5,7-8H2. The van der Waals surface area contributed by atoms with Crippen LogP contribution in [0.3, 0.4) is 0 Å². The maximum absolute atomic E-state index is 12.4. The average molecular weight is 288 g/mol. The summed E-state index contributed by atoms with van der Waals surface area (Å²) in [5, 5.41) is 5.47. The van der Waals surface area contributed by atoms with Gasteiger partial charge in [-0.1, -0.05) is 5.11 Å². The number of amides is 1. The summed E-state index contributed by atoms with van der Waals surface area (Å²) < 4.78 is 5.42. The van der Waals surface area contributed by atoms with Gasteiger partial charge in [0.2, 0.25) is 0 Å². The summed E-state index contributed by atoms with van der Waals surface area (Å²) in [4.78, 5) is 18.2. The lowest BCUT2D eigenvalue weighted by molar-refractivity contribution is 0.0701. The Kier molecular flexibility index (Phi) is 3.45. The normalized spacial score (nSPS) is 13.7. The smallest absolute Gasteiger partial charge is 0.289 e. The number of fused-ring (bicyclic) bond motifs is 1. The van der Waals surface area contributed by atoms with Gasteiger partial charge in [-0.2, -0.15) is 0 Å². The Morgan fingerprint density at radius 2 is 2.40 bits per heavy atom. The van der Waals surface area contributed by atoms with Crippen molar-refractivity contribution in [3.05, 3.63) is 56.0 Å². The second-order valence-electron chi connectivity index (χ2n) is 4.50. The Labute approximate surface area is 119 Å². The van der Waals surface area contributed by atoms with Crippen LogP contribution in [0.15, 0.2) is 33.1 Å². The third-order valence-corrected chi connectivity index (χ3v) is 4.28. The van der Waals surface area contributed by atoms with Crippen LogP contribution in [0.1, 0.15) is 26.8 Å². The second-order valence-corrected chi connectivity index (χ2v) is 5.50. The number of rotatable bonds is 3. The first-order valence-electron chi connectivity index (χ1n) is 6.22. The fraction of sp³-hybridized carbons (Fsp3) is 0.308. The first-order chi connectivity index (χ1) is 9.78. The topological polar surface area (TPSA) is 82.2 Å². The van der Waals surface area contributed by atoms with E-state index in [0.29, 0.717) is 24.6 Å². The number of carbonyl (C=O) groups excluding carboxylic acids is 1. The zero-order chi connectivity index (χ0) is 13.9. The number of hydrogen-bond acceptors (Lipinski definition) is 4. The third-order valence-electron chi connectivity index (χ3n) is 3.26. The van der Waals surface area contributed by atoms with Gasteiger partial charge in [-0.15, -0.1) is 11.3 Å². The van der Waals surface area contributed by atoms with Crippen LogP contribution < -0.4 is 0 Å². The molecule has 0 saturated carbocycles. The van der Waals surface area contributed by atoms with Crippen LogP contribution in [0.5, 0.6) is 0 Å². The largest absolute Gasteiger partial charge is 0.456 e. The molecular weight excluding hydrogens is 276 g/mol. The number of carbonyl (C=O) groups is 1. The van der Waals surface area contributed by atoms with Gasteiger partial charge in [0.1, 0.15) is 5.76 Å². The lowest BCUT2D eigenvalue weighted by Crippen LogP contribution is -2.35. The van der Waals surface area contributed by atoms with Crippen LogP contribution in [-0.2, 0) is 19.5 Å². The Balaban J connectivity index is 1.73. The molecule has 0 unspecified atom stereocenters. The van der Waals surface area contributed by atoms with E-state index in [2.05, 4.69) is 21.5 Å². The molecule has 0 fully saturated rings. The highest BCUT2D eigenvalue weighted by atomic mass is 32.1. The van der Waals surface area contributed by atoms with E-state index in [1.807, 2.05) is 0 Å². The van der Waals surface area contributed by atoms with Gasteiger partial charge < -0.3 is 9.32 Å². The van der Waals surface area contributed by atoms with E-state index in [1.165, 1.54) is 10.4 Å². The molecule has 3 heterocycles. The van der Waals surface area contributed by atoms with Gasteiger partial charge in [-0.25, -0.2) is 0 Å². The van der Waals surface area contributed by atoms with Gasteiger partial charge in [0.25, 0.3) is 5.91 Å². The van der Waals surface area contributed by atoms with E-state index in [-0.39, 0.29) is 12.5 Å². The Morgan fingerprint density at radius 3 is 3.25 bits per heavy atom.